The third-order valence-electron chi connectivity index (χ3n) is 5.51. The average molecular weight is 419 g/mol. The Morgan fingerprint density at radius 2 is 2.10 bits per heavy atom. The van der Waals surface area contributed by atoms with Crippen LogP contribution in [0.15, 0.2) is 12.4 Å². The van der Waals surface area contributed by atoms with E-state index < -0.39 is 5.82 Å². The number of ether oxygens (including phenoxy) is 1. The molecule has 2 aromatic heterocycles. The lowest BCUT2D eigenvalue weighted by atomic mass is 9.88. The number of benzene rings is 1. The number of fused-ring (bicyclic) bond motifs is 1. The molecule has 0 saturated carbocycles. The monoisotopic (exact) mass is 418 g/mol. The molecule has 7 nitrogen and oxygen atoms in total. The molecule has 154 valence electrons. The molecule has 1 atom stereocenters. The highest BCUT2D eigenvalue weighted by molar-refractivity contribution is 6.31. The van der Waals surface area contributed by atoms with Crippen molar-refractivity contribution in [1.82, 2.24) is 24.6 Å². The average Bonchev–Trinajstić information content (AvgIpc) is 3.00. The van der Waals surface area contributed by atoms with Crippen molar-refractivity contribution in [1.29, 1.82) is 0 Å². The van der Waals surface area contributed by atoms with Gasteiger partial charge in [0.25, 0.3) is 0 Å². The number of halogens is 2. The van der Waals surface area contributed by atoms with Crippen LogP contribution in [0.5, 0.6) is 5.75 Å². The minimum absolute atomic E-state index is 0.0419. The number of nitrogens with two attached hydrogens (primary N) is 1. The van der Waals surface area contributed by atoms with Crippen molar-refractivity contribution in [3.63, 3.8) is 0 Å². The maximum atomic E-state index is 15.0. The van der Waals surface area contributed by atoms with Gasteiger partial charge in [0.1, 0.15) is 23.7 Å². The lowest BCUT2D eigenvalue weighted by molar-refractivity contribution is 0.181. The van der Waals surface area contributed by atoms with E-state index in [1.54, 1.807) is 10.7 Å². The predicted octanol–water partition coefficient (Wildman–Crippen LogP) is 3.55. The van der Waals surface area contributed by atoms with Crippen LogP contribution in [0.2, 0.25) is 5.02 Å². The summed E-state index contributed by atoms with van der Waals surface area (Å²) in [6.07, 6.45) is 1.42. The van der Waals surface area contributed by atoms with Crippen LogP contribution in [-0.2, 0) is 0 Å². The van der Waals surface area contributed by atoms with Crippen LogP contribution in [0.25, 0.3) is 11.0 Å². The number of aryl methyl sites for hydroxylation is 1. The minimum atomic E-state index is -0.405. The van der Waals surface area contributed by atoms with Crippen LogP contribution in [0.3, 0.4) is 0 Å². The lowest BCUT2D eigenvalue weighted by Crippen LogP contribution is -2.42. The molecule has 0 radical (unpaired) electrons. The molecule has 0 aliphatic carbocycles. The summed E-state index contributed by atoms with van der Waals surface area (Å²) in [6, 6.07) is 1.34. The largest absolute Gasteiger partial charge is 0.493 e. The third kappa shape index (κ3) is 3.20. The number of anilines is 1. The second-order valence-electron chi connectivity index (χ2n) is 7.52. The summed E-state index contributed by atoms with van der Waals surface area (Å²) >= 11 is 6.31. The topological polar surface area (TPSA) is 82.1 Å². The molecule has 1 unspecified atom stereocenters. The Balaban J connectivity index is 1.90. The first kappa shape index (κ1) is 19.8. The fourth-order valence-electron chi connectivity index (χ4n) is 4.08. The number of hydrogen-bond acceptors (Lipinski definition) is 6. The molecular formula is C20H24ClFN6O. The zero-order chi connectivity index (χ0) is 20.9. The fraction of sp³-hybridized carbons (Fsp3) is 0.450. The summed E-state index contributed by atoms with van der Waals surface area (Å²) in [7, 11) is 2.01. The van der Waals surface area contributed by atoms with Crippen molar-refractivity contribution >= 4 is 28.5 Å². The summed E-state index contributed by atoms with van der Waals surface area (Å²) in [5, 5.41) is 5.43. The van der Waals surface area contributed by atoms with Gasteiger partial charge in [-0.25, -0.2) is 19.0 Å². The van der Waals surface area contributed by atoms with Crippen molar-refractivity contribution in [3.05, 3.63) is 40.1 Å². The van der Waals surface area contributed by atoms with Gasteiger partial charge in [0.2, 0.25) is 0 Å². The molecule has 0 bridgehead atoms. The zero-order valence-corrected chi connectivity index (χ0v) is 17.7. The lowest BCUT2D eigenvalue weighted by Gasteiger charge is -2.38. The van der Waals surface area contributed by atoms with E-state index in [1.807, 2.05) is 27.8 Å². The van der Waals surface area contributed by atoms with Crippen molar-refractivity contribution in [2.24, 2.45) is 0 Å². The van der Waals surface area contributed by atoms with Crippen LogP contribution >= 0.6 is 11.6 Å². The van der Waals surface area contributed by atoms with Crippen molar-refractivity contribution in [2.45, 2.75) is 32.7 Å². The zero-order valence-electron chi connectivity index (χ0n) is 16.9. The van der Waals surface area contributed by atoms with Crippen LogP contribution in [-0.4, -0.2) is 51.4 Å². The molecule has 1 saturated heterocycles. The first-order chi connectivity index (χ1) is 13.8. The number of likely N-dealkylation sites (N-methyl/N-ethyl adjacent to an activating group) is 1. The maximum absolute atomic E-state index is 15.0. The molecule has 3 aromatic rings. The van der Waals surface area contributed by atoms with E-state index >= 15 is 4.39 Å². The third-order valence-corrected chi connectivity index (χ3v) is 5.78. The number of nitrogens with zero attached hydrogens (tertiary/aromatic N) is 5. The van der Waals surface area contributed by atoms with E-state index in [0.29, 0.717) is 34.8 Å². The van der Waals surface area contributed by atoms with Crippen molar-refractivity contribution in [2.75, 3.05) is 32.5 Å². The molecule has 1 aliphatic heterocycles. The van der Waals surface area contributed by atoms with Crippen LogP contribution < -0.4 is 10.5 Å². The van der Waals surface area contributed by atoms with Gasteiger partial charge in [0.15, 0.2) is 5.65 Å². The molecular weight excluding hydrogens is 395 g/mol. The number of nitrogen functional groups attached to an aromatic ring is 1. The standard InChI is InChI=1S/C20H24ClFN6O/c1-5-29-18-13(6-14(21)17(22)16(18)12-7-27(4)8-12)11(3)28-20-15(10(2)26-28)19(23)24-9-25-20/h6,9,11-12H,5,7-8H2,1-4H3,(H2,23,24,25). The normalized spacial score (nSPS) is 16.2. The smallest absolute Gasteiger partial charge is 0.164 e. The molecule has 9 heteroatoms. The predicted molar refractivity (Wildman–Crippen MR) is 111 cm³/mol. The van der Waals surface area contributed by atoms with Crippen LogP contribution in [0, 0.1) is 12.7 Å². The quantitative estimate of drug-likeness (QED) is 0.682. The van der Waals surface area contributed by atoms with Gasteiger partial charge in [-0.2, -0.15) is 5.10 Å². The maximum Gasteiger partial charge on any atom is 0.164 e. The van der Waals surface area contributed by atoms with Crippen LogP contribution in [0.4, 0.5) is 10.2 Å². The van der Waals surface area contributed by atoms with E-state index in [0.717, 1.165) is 24.3 Å². The van der Waals surface area contributed by atoms with Gasteiger partial charge in [-0.1, -0.05) is 11.6 Å². The van der Waals surface area contributed by atoms with Gasteiger partial charge < -0.3 is 15.4 Å². The first-order valence-electron chi connectivity index (χ1n) is 9.61. The second kappa shape index (κ2) is 7.42. The minimum Gasteiger partial charge on any atom is -0.493 e. The van der Waals surface area contributed by atoms with Gasteiger partial charge in [-0.3, -0.25) is 0 Å². The van der Waals surface area contributed by atoms with Crippen molar-refractivity contribution in [3.8, 4) is 5.75 Å². The number of likely N-dealkylation sites (tertiary alicyclic amines) is 1. The molecule has 0 amide bonds. The summed E-state index contributed by atoms with van der Waals surface area (Å²) in [6.45, 7) is 7.66. The van der Waals surface area contributed by atoms with E-state index in [-0.39, 0.29) is 17.0 Å². The van der Waals surface area contributed by atoms with Gasteiger partial charge in [0, 0.05) is 30.1 Å². The van der Waals surface area contributed by atoms with Gasteiger partial charge in [0.05, 0.1) is 28.8 Å². The Hall–Kier alpha value is -2.45. The molecule has 4 rings (SSSR count). The molecule has 0 spiro atoms. The number of aromatic nitrogens is 4. The number of hydrogen-bond donors (Lipinski definition) is 1. The summed E-state index contributed by atoms with van der Waals surface area (Å²) in [4.78, 5) is 10.6. The Bertz CT molecular complexity index is 1080. The summed E-state index contributed by atoms with van der Waals surface area (Å²) in [5.74, 6) is 0.562. The molecule has 1 aliphatic rings. The Morgan fingerprint density at radius 3 is 2.76 bits per heavy atom. The first-order valence-corrected chi connectivity index (χ1v) is 9.99. The van der Waals surface area contributed by atoms with Gasteiger partial charge in [-0.15, -0.1) is 0 Å². The molecule has 2 N–H and O–H groups in total. The Kier molecular flexibility index (Phi) is 5.08. The second-order valence-corrected chi connectivity index (χ2v) is 7.93. The Labute approximate surface area is 173 Å². The van der Waals surface area contributed by atoms with Crippen molar-refractivity contribution < 1.29 is 9.13 Å². The molecule has 1 fully saturated rings. The van der Waals surface area contributed by atoms with Gasteiger partial charge >= 0.3 is 0 Å². The van der Waals surface area contributed by atoms with Crippen LogP contribution in [0.1, 0.15) is 42.6 Å². The summed E-state index contributed by atoms with van der Waals surface area (Å²) in [5.41, 5.74) is 8.69. The molecule has 1 aromatic carbocycles. The van der Waals surface area contributed by atoms with E-state index in [4.69, 9.17) is 22.1 Å². The molecule has 29 heavy (non-hydrogen) atoms. The SMILES string of the molecule is CCOc1c(C(C)n2nc(C)c3c(N)ncnc32)cc(Cl)c(F)c1C1CN(C)C1. The molecule has 3 heterocycles. The van der Waals surface area contributed by atoms with E-state index in [2.05, 4.69) is 20.0 Å². The van der Waals surface area contributed by atoms with E-state index in [9.17, 15) is 0 Å². The Morgan fingerprint density at radius 1 is 1.38 bits per heavy atom. The number of rotatable bonds is 5. The van der Waals surface area contributed by atoms with E-state index in [1.165, 1.54) is 6.33 Å². The highest BCUT2D eigenvalue weighted by Crippen LogP contribution is 2.43. The summed E-state index contributed by atoms with van der Waals surface area (Å²) < 4.78 is 22.8. The van der Waals surface area contributed by atoms with Gasteiger partial charge in [-0.05, 0) is 33.9 Å². The highest BCUT2D eigenvalue weighted by atomic mass is 35.5. The fourth-order valence-corrected chi connectivity index (χ4v) is 4.30. The highest BCUT2D eigenvalue weighted by Gasteiger charge is 2.34.